The maximum Gasteiger partial charge on any atom is 0.222 e. The summed E-state index contributed by atoms with van der Waals surface area (Å²) in [5.74, 6) is 0. The number of nitrogens with zero attached hydrogens (tertiary/aromatic N) is 2. The molecule has 0 aliphatic carbocycles. The molecule has 64 valence electrons. The molecule has 0 saturated carbocycles. The lowest BCUT2D eigenvalue weighted by Crippen LogP contribution is -2.29. The molecule has 0 heterocycles. The Morgan fingerprint density at radius 3 is 2.09 bits per heavy atom. The van der Waals surface area contributed by atoms with E-state index in [0.29, 0.717) is 0 Å². The maximum absolute atomic E-state index is 10.9. The van der Waals surface area contributed by atoms with Gasteiger partial charge < -0.3 is 4.90 Å². The van der Waals surface area contributed by atoms with Gasteiger partial charge in [-0.1, -0.05) is 6.58 Å². The standard InChI is InChI=1S/C6H12N2O2S/c1-5-7-6(8(2)3)11(4,9)10/h5H,1H2,2-4H3. The lowest BCUT2D eigenvalue weighted by atomic mass is 10.9. The molecule has 0 N–H and O–H groups in total. The maximum atomic E-state index is 10.9. The summed E-state index contributed by atoms with van der Waals surface area (Å²) in [6, 6.07) is 0. The summed E-state index contributed by atoms with van der Waals surface area (Å²) in [6.45, 7) is 3.32. The monoisotopic (exact) mass is 176 g/mol. The third kappa shape index (κ3) is 3.18. The van der Waals surface area contributed by atoms with E-state index in [4.69, 9.17) is 0 Å². The summed E-state index contributed by atoms with van der Waals surface area (Å²) in [5, 5.41) is 0.0208. The summed E-state index contributed by atoms with van der Waals surface area (Å²) in [5.41, 5.74) is 0. The van der Waals surface area contributed by atoms with Crippen LogP contribution in [0.15, 0.2) is 17.8 Å². The smallest absolute Gasteiger partial charge is 0.222 e. The zero-order valence-electron chi connectivity index (χ0n) is 6.90. The molecule has 0 amide bonds. The van der Waals surface area contributed by atoms with Crippen LogP contribution in [-0.4, -0.2) is 38.8 Å². The molecule has 0 spiro atoms. The van der Waals surface area contributed by atoms with Gasteiger partial charge in [0.05, 0.1) is 0 Å². The van der Waals surface area contributed by atoms with Crippen molar-refractivity contribution in [3.05, 3.63) is 12.8 Å². The average Bonchev–Trinajstić information content (AvgIpc) is 1.79. The minimum Gasteiger partial charge on any atom is -0.353 e. The van der Waals surface area contributed by atoms with Crippen LogP contribution in [0, 0.1) is 0 Å². The number of sulfone groups is 1. The number of rotatable bonds is 1. The normalized spacial score (nSPS) is 12.8. The third-order valence-electron chi connectivity index (χ3n) is 0.916. The van der Waals surface area contributed by atoms with Crippen molar-refractivity contribution in [2.75, 3.05) is 20.4 Å². The van der Waals surface area contributed by atoms with Crippen LogP contribution in [0.3, 0.4) is 0 Å². The molecule has 4 nitrogen and oxygen atoms in total. The van der Waals surface area contributed by atoms with Gasteiger partial charge in [-0.05, 0) is 0 Å². The molecule has 0 fully saturated rings. The molecule has 11 heavy (non-hydrogen) atoms. The summed E-state index contributed by atoms with van der Waals surface area (Å²) in [6.07, 6.45) is 2.31. The van der Waals surface area contributed by atoms with E-state index in [0.717, 1.165) is 6.26 Å². The Labute approximate surface area is 67.2 Å². The highest BCUT2D eigenvalue weighted by Crippen LogP contribution is 1.93. The fourth-order valence-electron chi connectivity index (χ4n) is 0.621. The van der Waals surface area contributed by atoms with Crippen molar-refractivity contribution in [3.8, 4) is 0 Å². The number of aliphatic imine (C=N–C) groups is 1. The highest BCUT2D eigenvalue weighted by molar-refractivity contribution is 8.05. The van der Waals surface area contributed by atoms with E-state index < -0.39 is 9.84 Å². The van der Waals surface area contributed by atoms with Crippen LogP contribution >= 0.6 is 0 Å². The van der Waals surface area contributed by atoms with Gasteiger partial charge in [0, 0.05) is 26.6 Å². The second-order valence-electron chi connectivity index (χ2n) is 2.26. The van der Waals surface area contributed by atoms with E-state index >= 15 is 0 Å². The van der Waals surface area contributed by atoms with Gasteiger partial charge in [-0.2, -0.15) is 0 Å². The van der Waals surface area contributed by atoms with E-state index in [2.05, 4.69) is 11.6 Å². The Hall–Kier alpha value is -0.840. The van der Waals surface area contributed by atoms with Gasteiger partial charge in [0.25, 0.3) is 0 Å². The summed E-state index contributed by atoms with van der Waals surface area (Å²) < 4.78 is 21.9. The summed E-state index contributed by atoms with van der Waals surface area (Å²) in [7, 11) is 0.00729. The van der Waals surface area contributed by atoms with Gasteiger partial charge in [-0.3, -0.25) is 0 Å². The van der Waals surface area contributed by atoms with Gasteiger partial charge in [0.15, 0.2) is 0 Å². The molecule has 0 aromatic heterocycles. The Balaban J connectivity index is 4.94. The van der Waals surface area contributed by atoms with Gasteiger partial charge in [0.1, 0.15) is 0 Å². The lowest BCUT2D eigenvalue weighted by molar-refractivity contribution is 0.591. The van der Waals surface area contributed by atoms with Crippen LogP contribution in [0.25, 0.3) is 0 Å². The van der Waals surface area contributed by atoms with Gasteiger partial charge >= 0.3 is 0 Å². The van der Waals surface area contributed by atoms with E-state index in [1.54, 1.807) is 14.1 Å². The highest BCUT2D eigenvalue weighted by atomic mass is 32.2. The lowest BCUT2D eigenvalue weighted by Gasteiger charge is -2.11. The first-order valence-corrected chi connectivity index (χ1v) is 4.85. The topological polar surface area (TPSA) is 49.7 Å². The molecule has 0 aromatic rings. The molecule has 0 bridgehead atoms. The van der Waals surface area contributed by atoms with Gasteiger partial charge in [-0.15, -0.1) is 0 Å². The predicted molar refractivity (Wildman–Crippen MR) is 46.2 cm³/mol. The molecule has 0 radical (unpaired) electrons. The third-order valence-corrected chi connectivity index (χ3v) is 2.05. The van der Waals surface area contributed by atoms with Crippen LogP contribution in [0.4, 0.5) is 0 Å². The first-order chi connectivity index (χ1) is 4.89. The SMILES string of the molecule is C=CN=C(N(C)C)S(C)(=O)=O. The summed E-state index contributed by atoms with van der Waals surface area (Å²) >= 11 is 0. The molecule has 0 saturated heterocycles. The van der Waals surface area contributed by atoms with E-state index in [-0.39, 0.29) is 5.17 Å². The van der Waals surface area contributed by atoms with Crippen LogP contribution in [-0.2, 0) is 9.84 Å². The fourth-order valence-corrected chi connectivity index (χ4v) is 1.55. The fraction of sp³-hybridized carbons (Fsp3) is 0.500. The Bertz CT molecular complexity index is 264. The zero-order chi connectivity index (χ0) is 9.07. The van der Waals surface area contributed by atoms with Crippen molar-refractivity contribution in [1.29, 1.82) is 0 Å². The Morgan fingerprint density at radius 2 is 2.00 bits per heavy atom. The molecule has 0 atom stereocenters. The van der Waals surface area contributed by atoms with Crippen LogP contribution in [0.5, 0.6) is 0 Å². The van der Waals surface area contributed by atoms with E-state index in [1.165, 1.54) is 11.1 Å². The molecule has 0 aromatic carbocycles. The summed E-state index contributed by atoms with van der Waals surface area (Å²) in [4.78, 5) is 5.04. The minimum absolute atomic E-state index is 0.0208. The van der Waals surface area contributed by atoms with Crippen LogP contribution in [0.1, 0.15) is 0 Å². The van der Waals surface area contributed by atoms with Crippen molar-refractivity contribution >= 4 is 15.0 Å². The van der Waals surface area contributed by atoms with Gasteiger partial charge in [-0.25, -0.2) is 13.4 Å². The van der Waals surface area contributed by atoms with Crippen LogP contribution < -0.4 is 0 Å². The van der Waals surface area contributed by atoms with Crippen LogP contribution in [0.2, 0.25) is 0 Å². The molecule has 5 heteroatoms. The highest BCUT2D eigenvalue weighted by Gasteiger charge is 2.13. The molecular weight excluding hydrogens is 164 g/mol. The zero-order valence-corrected chi connectivity index (χ0v) is 7.72. The Kier molecular flexibility index (Phi) is 3.25. The molecule has 0 unspecified atom stereocenters. The van der Waals surface area contributed by atoms with Crippen molar-refractivity contribution in [3.63, 3.8) is 0 Å². The number of hydrogen-bond acceptors (Lipinski definition) is 3. The molecular formula is C6H12N2O2S. The predicted octanol–water partition coefficient (Wildman–Crippen LogP) is 0.0921. The quantitative estimate of drug-likeness (QED) is 0.420. The Morgan fingerprint density at radius 1 is 1.55 bits per heavy atom. The van der Waals surface area contributed by atoms with Crippen molar-refractivity contribution in [1.82, 2.24) is 4.90 Å². The first kappa shape index (κ1) is 10.2. The van der Waals surface area contributed by atoms with E-state index in [9.17, 15) is 8.42 Å². The molecule has 0 rings (SSSR count). The largest absolute Gasteiger partial charge is 0.353 e. The van der Waals surface area contributed by atoms with E-state index in [1.807, 2.05) is 0 Å². The minimum atomic E-state index is -3.22. The van der Waals surface area contributed by atoms with Crippen molar-refractivity contribution in [2.45, 2.75) is 0 Å². The number of amidine groups is 1. The number of hydrogen-bond donors (Lipinski definition) is 0. The van der Waals surface area contributed by atoms with Gasteiger partial charge in [0.2, 0.25) is 15.0 Å². The van der Waals surface area contributed by atoms with Crippen molar-refractivity contribution < 1.29 is 8.42 Å². The van der Waals surface area contributed by atoms with Crippen molar-refractivity contribution in [2.24, 2.45) is 4.99 Å². The average molecular weight is 176 g/mol. The molecule has 0 aliphatic rings. The first-order valence-electron chi connectivity index (χ1n) is 2.95. The second-order valence-corrected chi connectivity index (χ2v) is 4.17. The molecule has 0 aliphatic heterocycles. The second kappa shape index (κ2) is 3.52.